The van der Waals surface area contributed by atoms with Gasteiger partial charge in [-0.3, -0.25) is 37.3 Å². The van der Waals surface area contributed by atoms with Gasteiger partial charge in [-0.1, -0.05) is 370 Å². The lowest BCUT2D eigenvalue weighted by Crippen LogP contribution is -2.30. The van der Waals surface area contributed by atoms with Crippen LogP contribution >= 0.6 is 15.6 Å². The first-order chi connectivity index (χ1) is 48.2. The van der Waals surface area contributed by atoms with Crippen LogP contribution in [0.5, 0.6) is 0 Å². The van der Waals surface area contributed by atoms with Crippen molar-refractivity contribution in [3.05, 3.63) is 0 Å². The Kier molecular flexibility index (Phi) is 69.9. The van der Waals surface area contributed by atoms with Gasteiger partial charge in [0.1, 0.15) is 19.3 Å². The van der Waals surface area contributed by atoms with Crippen molar-refractivity contribution < 1.29 is 80.2 Å². The molecule has 0 saturated heterocycles. The molecule has 100 heavy (non-hydrogen) atoms. The SMILES string of the molecule is CCCCCCCCCCCCCCCCCCCCC(=O)OC[C@H](COP(=O)(O)OC[C@@H](O)COP(=O)(O)OC[C@@H](COC(=O)CCCCCCCCC(C)C)OC(=O)CCCCCCCCCCCC(C)C)OC(=O)CCCCCCCCCCCCCCCCCCCCC(C)C. The third-order valence-corrected chi connectivity index (χ3v) is 20.8. The van der Waals surface area contributed by atoms with E-state index < -0.39 is 97.5 Å². The van der Waals surface area contributed by atoms with E-state index in [1.807, 2.05) is 0 Å². The molecular formula is C81H158O17P2. The lowest BCUT2D eigenvalue weighted by molar-refractivity contribution is -0.161. The smallest absolute Gasteiger partial charge is 0.462 e. The summed E-state index contributed by atoms with van der Waals surface area (Å²) < 4.78 is 68.6. The summed E-state index contributed by atoms with van der Waals surface area (Å²) in [4.78, 5) is 72.9. The van der Waals surface area contributed by atoms with Gasteiger partial charge in [-0.2, -0.15) is 0 Å². The van der Waals surface area contributed by atoms with E-state index in [0.717, 1.165) is 108 Å². The van der Waals surface area contributed by atoms with Crippen LogP contribution in [0, 0.1) is 17.8 Å². The molecule has 3 N–H and O–H groups in total. The van der Waals surface area contributed by atoms with Crippen LogP contribution in [0.15, 0.2) is 0 Å². The summed E-state index contributed by atoms with van der Waals surface area (Å²) in [5.74, 6) is 0.121. The van der Waals surface area contributed by atoms with Gasteiger partial charge in [0.2, 0.25) is 0 Å². The van der Waals surface area contributed by atoms with E-state index >= 15 is 0 Å². The summed E-state index contributed by atoms with van der Waals surface area (Å²) in [6, 6.07) is 0. The Morgan fingerprint density at radius 1 is 0.270 bits per heavy atom. The molecule has 0 rings (SSSR count). The number of unbranched alkanes of at least 4 members (excludes halogenated alkanes) is 47. The first kappa shape index (κ1) is 98.1. The number of ether oxygens (including phenoxy) is 4. The molecule has 0 aliphatic carbocycles. The molecule has 594 valence electrons. The highest BCUT2D eigenvalue weighted by atomic mass is 31.2. The number of hydrogen-bond donors (Lipinski definition) is 3. The molecule has 0 aromatic carbocycles. The van der Waals surface area contributed by atoms with Gasteiger partial charge in [-0.15, -0.1) is 0 Å². The van der Waals surface area contributed by atoms with Crippen molar-refractivity contribution in [3.8, 4) is 0 Å². The van der Waals surface area contributed by atoms with Crippen molar-refractivity contribution in [1.82, 2.24) is 0 Å². The predicted octanol–water partition coefficient (Wildman–Crippen LogP) is 24.1. The minimum absolute atomic E-state index is 0.104. The number of carbonyl (C=O) groups excluding carboxylic acids is 4. The fourth-order valence-corrected chi connectivity index (χ4v) is 14.1. The lowest BCUT2D eigenvalue weighted by Gasteiger charge is -2.21. The topological polar surface area (TPSA) is 237 Å². The van der Waals surface area contributed by atoms with Crippen molar-refractivity contribution in [1.29, 1.82) is 0 Å². The first-order valence-corrected chi connectivity index (χ1v) is 44.8. The van der Waals surface area contributed by atoms with Crippen LogP contribution < -0.4 is 0 Å². The van der Waals surface area contributed by atoms with E-state index in [4.69, 9.17) is 37.0 Å². The van der Waals surface area contributed by atoms with Crippen LogP contribution in [0.2, 0.25) is 0 Å². The van der Waals surface area contributed by atoms with Crippen molar-refractivity contribution in [2.45, 2.75) is 439 Å². The maximum Gasteiger partial charge on any atom is 0.472 e. The molecule has 0 saturated carbocycles. The Hall–Kier alpha value is -1.94. The molecule has 0 radical (unpaired) electrons. The molecule has 0 amide bonds. The Balaban J connectivity index is 5.20. The number of hydrogen-bond acceptors (Lipinski definition) is 15. The monoisotopic (exact) mass is 1470 g/mol. The van der Waals surface area contributed by atoms with Crippen LogP contribution in [0.25, 0.3) is 0 Å². The summed E-state index contributed by atoms with van der Waals surface area (Å²) in [7, 11) is -9.92. The van der Waals surface area contributed by atoms with Crippen LogP contribution in [0.4, 0.5) is 0 Å². The average molecular weight is 1470 g/mol. The maximum absolute atomic E-state index is 13.1. The van der Waals surface area contributed by atoms with Crippen molar-refractivity contribution in [2.75, 3.05) is 39.6 Å². The van der Waals surface area contributed by atoms with Crippen LogP contribution in [-0.4, -0.2) is 96.7 Å². The first-order valence-electron chi connectivity index (χ1n) is 41.8. The fourth-order valence-electron chi connectivity index (χ4n) is 12.5. The number of phosphoric ester groups is 2. The van der Waals surface area contributed by atoms with Gasteiger partial charge in [-0.25, -0.2) is 9.13 Å². The number of phosphoric acid groups is 2. The highest BCUT2D eigenvalue weighted by molar-refractivity contribution is 7.47. The van der Waals surface area contributed by atoms with E-state index in [1.54, 1.807) is 0 Å². The van der Waals surface area contributed by atoms with Crippen LogP contribution in [-0.2, 0) is 65.4 Å². The molecule has 0 heterocycles. The summed E-state index contributed by atoms with van der Waals surface area (Å²) >= 11 is 0. The zero-order valence-corrected chi connectivity index (χ0v) is 67.5. The molecule has 0 fully saturated rings. The fraction of sp³-hybridized carbons (Fsp3) is 0.951. The largest absolute Gasteiger partial charge is 0.472 e. The average Bonchev–Trinajstić information content (AvgIpc) is 0.918. The second kappa shape index (κ2) is 71.3. The number of aliphatic hydroxyl groups is 1. The van der Waals surface area contributed by atoms with E-state index in [9.17, 15) is 43.2 Å². The normalized spacial score (nSPS) is 14.0. The molecule has 0 aromatic heterocycles. The number of aliphatic hydroxyl groups excluding tert-OH is 1. The zero-order valence-electron chi connectivity index (χ0n) is 65.7. The number of rotatable bonds is 79. The molecule has 17 nitrogen and oxygen atoms in total. The maximum atomic E-state index is 13.1. The van der Waals surface area contributed by atoms with Crippen molar-refractivity contribution in [2.24, 2.45) is 17.8 Å². The minimum atomic E-state index is -4.96. The molecular weight excluding hydrogens is 1310 g/mol. The highest BCUT2D eigenvalue weighted by Crippen LogP contribution is 2.45. The molecule has 0 bridgehead atoms. The number of carbonyl (C=O) groups is 4. The zero-order chi connectivity index (χ0) is 73.7. The van der Waals surface area contributed by atoms with Crippen molar-refractivity contribution in [3.63, 3.8) is 0 Å². The number of esters is 4. The summed E-state index contributed by atoms with van der Waals surface area (Å²) in [6.07, 6.45) is 60.0. The molecule has 19 heteroatoms. The second-order valence-corrected chi connectivity index (χ2v) is 33.5. The van der Waals surface area contributed by atoms with Gasteiger partial charge >= 0.3 is 39.5 Å². The summed E-state index contributed by atoms with van der Waals surface area (Å²) in [5.41, 5.74) is 0. The molecule has 5 atom stereocenters. The van der Waals surface area contributed by atoms with Gasteiger partial charge in [0.15, 0.2) is 12.2 Å². The Bertz CT molecular complexity index is 1940. The Morgan fingerprint density at radius 2 is 0.460 bits per heavy atom. The van der Waals surface area contributed by atoms with Gasteiger partial charge in [-0.05, 0) is 43.4 Å². The minimum Gasteiger partial charge on any atom is -0.462 e. The lowest BCUT2D eigenvalue weighted by atomic mass is 10.0. The third kappa shape index (κ3) is 74.3. The molecule has 2 unspecified atom stereocenters. The second-order valence-electron chi connectivity index (χ2n) is 30.6. The molecule has 0 spiro atoms. The Morgan fingerprint density at radius 3 is 0.680 bits per heavy atom. The van der Waals surface area contributed by atoms with E-state index in [2.05, 4.69) is 48.5 Å². The van der Waals surface area contributed by atoms with Crippen molar-refractivity contribution >= 4 is 39.5 Å². The van der Waals surface area contributed by atoms with E-state index in [-0.39, 0.29) is 25.7 Å². The van der Waals surface area contributed by atoms with E-state index in [1.165, 1.54) is 225 Å². The van der Waals surface area contributed by atoms with Crippen LogP contribution in [0.3, 0.4) is 0 Å². The standard InChI is InChI=1S/C81H158O17P2/c1-8-9-10-11-12-13-14-15-16-17-21-24-27-30-35-40-48-55-62-78(83)91-68-76(97-80(85)64-57-50-41-36-31-28-25-22-19-18-20-23-26-29-33-38-45-52-59-72(2)3)70-95-99(87,88)93-66-75(82)67-94-100(89,90)96-71-77(69-92-79(84)63-56-49-44-43-47-54-61-74(6)7)98-81(86)65-58-51-42-37-32-34-39-46-53-60-73(4)5/h72-77,82H,8-71H2,1-7H3,(H,87,88)(H,89,90)/t75-,76-,77-/m1/s1. The van der Waals surface area contributed by atoms with Crippen LogP contribution in [0.1, 0.15) is 421 Å². The summed E-state index contributed by atoms with van der Waals surface area (Å²) in [5, 5.41) is 10.6. The molecule has 0 aromatic rings. The summed E-state index contributed by atoms with van der Waals surface area (Å²) in [6.45, 7) is 11.9. The van der Waals surface area contributed by atoms with Gasteiger partial charge in [0.05, 0.1) is 26.4 Å². The van der Waals surface area contributed by atoms with Gasteiger partial charge < -0.3 is 33.8 Å². The third-order valence-electron chi connectivity index (χ3n) is 18.9. The Labute approximate surface area is 613 Å². The van der Waals surface area contributed by atoms with Gasteiger partial charge in [0.25, 0.3) is 0 Å². The van der Waals surface area contributed by atoms with E-state index in [0.29, 0.717) is 31.6 Å². The highest BCUT2D eigenvalue weighted by Gasteiger charge is 2.30. The molecule has 0 aliphatic heterocycles. The molecule has 0 aliphatic rings. The quantitative estimate of drug-likeness (QED) is 0.0222. The van der Waals surface area contributed by atoms with Gasteiger partial charge in [0, 0.05) is 25.7 Å². The predicted molar refractivity (Wildman–Crippen MR) is 409 cm³/mol.